The van der Waals surface area contributed by atoms with Gasteiger partial charge in [-0.2, -0.15) is 0 Å². The molecule has 0 aromatic rings. The molecule has 0 radical (unpaired) electrons. The Bertz CT molecular complexity index is 1440. The first-order chi connectivity index (χ1) is 44.0. The maximum absolute atomic E-state index is 12.6. The van der Waals surface area contributed by atoms with Gasteiger partial charge in [0.25, 0.3) is 0 Å². The zero-order valence-corrected chi connectivity index (χ0v) is 60.4. The Hall–Kier alpha value is -1.92. The van der Waals surface area contributed by atoms with E-state index >= 15 is 0 Å². The molecule has 0 saturated carbocycles. The molecular formula is C83H159NO5. The van der Waals surface area contributed by atoms with Crippen LogP contribution in [0.25, 0.3) is 0 Å². The first-order valence-electron chi connectivity index (χ1n) is 40.8. The minimum Gasteiger partial charge on any atom is -0.466 e. The first kappa shape index (κ1) is 87.1. The van der Waals surface area contributed by atoms with E-state index in [1.807, 2.05) is 6.08 Å². The number of nitrogens with one attached hydrogen (secondary N) is 1. The van der Waals surface area contributed by atoms with E-state index in [1.165, 1.54) is 379 Å². The summed E-state index contributed by atoms with van der Waals surface area (Å²) in [7, 11) is 0. The van der Waals surface area contributed by atoms with Crippen molar-refractivity contribution in [3.63, 3.8) is 0 Å². The summed E-state index contributed by atoms with van der Waals surface area (Å²) in [4.78, 5) is 24.6. The molecule has 0 rings (SSSR count). The monoisotopic (exact) mass is 1250 g/mol. The summed E-state index contributed by atoms with van der Waals surface area (Å²) in [6, 6.07) is -0.625. The van der Waals surface area contributed by atoms with Gasteiger partial charge in [-0.25, -0.2) is 0 Å². The number of ether oxygens (including phenoxy) is 1. The van der Waals surface area contributed by atoms with Crippen LogP contribution < -0.4 is 5.32 Å². The van der Waals surface area contributed by atoms with Gasteiger partial charge in [0.1, 0.15) is 0 Å². The van der Waals surface area contributed by atoms with Crippen molar-refractivity contribution >= 4 is 11.9 Å². The molecule has 526 valence electrons. The van der Waals surface area contributed by atoms with Crippen LogP contribution in [0, 0.1) is 0 Å². The second-order valence-electron chi connectivity index (χ2n) is 28.1. The van der Waals surface area contributed by atoms with E-state index in [0.717, 1.165) is 51.4 Å². The molecule has 2 unspecified atom stereocenters. The van der Waals surface area contributed by atoms with Gasteiger partial charge < -0.3 is 20.3 Å². The van der Waals surface area contributed by atoms with Crippen molar-refractivity contribution in [2.24, 2.45) is 0 Å². The Labute approximate surface area is 557 Å². The van der Waals surface area contributed by atoms with Crippen molar-refractivity contribution in [3.8, 4) is 0 Å². The number of unbranched alkanes of at least 4 members (excludes halogenated alkanes) is 62. The van der Waals surface area contributed by atoms with E-state index in [9.17, 15) is 19.8 Å². The fourth-order valence-electron chi connectivity index (χ4n) is 13.0. The van der Waals surface area contributed by atoms with E-state index in [1.54, 1.807) is 6.08 Å². The van der Waals surface area contributed by atoms with Crippen LogP contribution in [-0.4, -0.2) is 47.4 Å². The number of aliphatic hydroxyl groups excluding tert-OH is 2. The molecule has 6 heteroatoms. The zero-order valence-electron chi connectivity index (χ0n) is 60.4. The number of hydrogen-bond acceptors (Lipinski definition) is 5. The highest BCUT2D eigenvalue weighted by Crippen LogP contribution is 2.20. The third kappa shape index (κ3) is 75.0. The van der Waals surface area contributed by atoms with Crippen LogP contribution in [0.1, 0.15) is 457 Å². The number of rotatable bonds is 77. The molecular weight excluding hydrogens is 1090 g/mol. The van der Waals surface area contributed by atoms with Crippen molar-refractivity contribution in [2.45, 2.75) is 469 Å². The lowest BCUT2D eigenvalue weighted by atomic mass is 10.0. The molecule has 0 aromatic carbocycles. The minimum absolute atomic E-state index is 0.00834. The summed E-state index contributed by atoms with van der Waals surface area (Å²) < 4.78 is 5.49. The minimum atomic E-state index is -0.842. The van der Waals surface area contributed by atoms with Gasteiger partial charge in [-0.05, 0) is 57.8 Å². The fourth-order valence-corrected chi connectivity index (χ4v) is 13.0. The van der Waals surface area contributed by atoms with Crippen molar-refractivity contribution in [1.29, 1.82) is 0 Å². The van der Waals surface area contributed by atoms with Crippen LogP contribution in [0.2, 0.25) is 0 Å². The molecule has 0 aliphatic heterocycles. The van der Waals surface area contributed by atoms with E-state index in [0.29, 0.717) is 19.4 Å². The quantitative estimate of drug-likeness (QED) is 0.0320. The maximum atomic E-state index is 12.6. The second-order valence-corrected chi connectivity index (χ2v) is 28.1. The molecule has 2 atom stereocenters. The van der Waals surface area contributed by atoms with Gasteiger partial charge in [0.15, 0.2) is 0 Å². The molecule has 6 nitrogen and oxygen atoms in total. The lowest BCUT2D eigenvalue weighted by Crippen LogP contribution is -2.45. The number of aliphatic hydroxyl groups is 2. The van der Waals surface area contributed by atoms with Crippen LogP contribution in [0.4, 0.5) is 0 Å². The largest absolute Gasteiger partial charge is 0.466 e. The first-order valence-corrected chi connectivity index (χ1v) is 40.8. The molecule has 0 spiro atoms. The predicted octanol–water partition coefficient (Wildman–Crippen LogP) is 27.0. The smallest absolute Gasteiger partial charge is 0.305 e. The summed E-state index contributed by atoms with van der Waals surface area (Å²) in [6.07, 6.45) is 103. The number of carbonyl (C=O) groups is 2. The number of hydrogen-bond donors (Lipinski definition) is 3. The number of carbonyl (C=O) groups excluding carboxylic acids is 2. The SMILES string of the molecule is CCCC/C=C\C/C=C\CCCCCCCC(=O)OCCCCCCCCCCCCCCCCCCCCCCCCCCCCCCCCCCCCCC(=O)NC(CO)C(O)/C=C/CCCCCCCCCCCCCCCCCCCCCCC. The lowest BCUT2D eigenvalue weighted by molar-refractivity contribution is -0.143. The van der Waals surface area contributed by atoms with Crippen LogP contribution in [-0.2, 0) is 14.3 Å². The van der Waals surface area contributed by atoms with Crippen molar-refractivity contribution in [3.05, 3.63) is 36.5 Å². The van der Waals surface area contributed by atoms with E-state index < -0.39 is 12.1 Å². The van der Waals surface area contributed by atoms with Gasteiger partial charge >= 0.3 is 5.97 Å². The highest BCUT2D eigenvalue weighted by atomic mass is 16.5. The summed E-state index contributed by atoms with van der Waals surface area (Å²) >= 11 is 0. The van der Waals surface area contributed by atoms with Crippen molar-refractivity contribution in [2.75, 3.05) is 13.2 Å². The third-order valence-corrected chi connectivity index (χ3v) is 19.2. The summed E-state index contributed by atoms with van der Waals surface area (Å²) in [5, 5.41) is 23.3. The van der Waals surface area contributed by atoms with Gasteiger partial charge in [0.05, 0.1) is 25.4 Å². The third-order valence-electron chi connectivity index (χ3n) is 19.2. The Morgan fingerprint density at radius 3 is 0.888 bits per heavy atom. The topological polar surface area (TPSA) is 95.9 Å². The summed E-state index contributed by atoms with van der Waals surface area (Å²) in [6.45, 7) is 4.91. The Morgan fingerprint density at radius 2 is 0.573 bits per heavy atom. The predicted molar refractivity (Wildman–Crippen MR) is 393 cm³/mol. The summed E-state index contributed by atoms with van der Waals surface area (Å²) in [5.41, 5.74) is 0. The van der Waals surface area contributed by atoms with Crippen molar-refractivity contribution < 1.29 is 24.5 Å². The Balaban J connectivity index is 3.34. The molecule has 1 amide bonds. The number of allylic oxidation sites excluding steroid dienone is 5. The molecule has 0 saturated heterocycles. The molecule has 3 N–H and O–H groups in total. The molecule has 0 aliphatic carbocycles. The van der Waals surface area contributed by atoms with Gasteiger partial charge in [-0.3, -0.25) is 9.59 Å². The molecule has 89 heavy (non-hydrogen) atoms. The van der Waals surface area contributed by atoms with Crippen LogP contribution in [0.15, 0.2) is 36.5 Å². The highest BCUT2D eigenvalue weighted by molar-refractivity contribution is 5.76. The Kier molecular flexibility index (Phi) is 76.8. The Morgan fingerprint density at radius 1 is 0.315 bits per heavy atom. The van der Waals surface area contributed by atoms with E-state index in [-0.39, 0.29) is 18.5 Å². The van der Waals surface area contributed by atoms with Crippen LogP contribution in [0.5, 0.6) is 0 Å². The lowest BCUT2D eigenvalue weighted by Gasteiger charge is -2.20. The number of esters is 1. The normalized spacial score (nSPS) is 12.6. The standard InChI is InChI=1S/C83H159NO5/c1-3-5-7-9-11-13-15-17-19-20-21-22-36-39-42-45-48-51-55-59-63-67-71-75-81(86)80(79-85)84-82(87)76-72-68-64-60-56-52-49-46-43-40-37-34-32-30-28-26-24-23-25-27-29-31-33-35-38-41-44-47-50-54-58-62-66-70-74-78-89-83(88)77-73-69-65-61-57-53-18-16-14-12-10-8-6-4-2/h10,12,16,18,71,75,80-81,85-86H,3-9,11,13-15,17,19-70,72-74,76-79H2,1-2H3,(H,84,87)/b12-10-,18-16-,75-71+. The summed E-state index contributed by atoms with van der Waals surface area (Å²) in [5.74, 6) is -0.0493. The average Bonchev–Trinajstić information content (AvgIpc) is 3.64. The van der Waals surface area contributed by atoms with Gasteiger partial charge in [-0.1, -0.05) is 423 Å². The maximum Gasteiger partial charge on any atom is 0.305 e. The fraction of sp³-hybridized carbons (Fsp3) is 0.904. The molecule has 0 bridgehead atoms. The molecule has 0 fully saturated rings. The highest BCUT2D eigenvalue weighted by Gasteiger charge is 2.18. The van der Waals surface area contributed by atoms with Crippen LogP contribution in [0.3, 0.4) is 0 Å². The van der Waals surface area contributed by atoms with Crippen molar-refractivity contribution in [1.82, 2.24) is 5.32 Å². The van der Waals surface area contributed by atoms with E-state index in [4.69, 9.17) is 4.74 Å². The second kappa shape index (κ2) is 78.5. The average molecular weight is 1250 g/mol. The van der Waals surface area contributed by atoms with Crippen LogP contribution >= 0.6 is 0 Å². The number of amides is 1. The van der Waals surface area contributed by atoms with Gasteiger partial charge in [0, 0.05) is 12.8 Å². The molecule has 0 aromatic heterocycles. The van der Waals surface area contributed by atoms with Gasteiger partial charge in [0.2, 0.25) is 5.91 Å². The van der Waals surface area contributed by atoms with Gasteiger partial charge in [-0.15, -0.1) is 0 Å². The zero-order chi connectivity index (χ0) is 64.2. The van der Waals surface area contributed by atoms with E-state index in [2.05, 4.69) is 43.5 Å². The molecule has 0 heterocycles. The molecule has 0 aliphatic rings.